The van der Waals surface area contributed by atoms with Gasteiger partial charge in [0.15, 0.2) is 0 Å². The van der Waals surface area contributed by atoms with Gasteiger partial charge in [-0.15, -0.1) is 22.7 Å². The zero-order chi connectivity index (χ0) is 18.8. The largest absolute Gasteiger partial charge is 0.497 e. The van der Waals surface area contributed by atoms with Crippen LogP contribution in [0.3, 0.4) is 0 Å². The summed E-state index contributed by atoms with van der Waals surface area (Å²) in [5.74, 6) is 0.628. The lowest BCUT2D eigenvalue weighted by molar-refractivity contribution is 0.0954. The summed E-state index contributed by atoms with van der Waals surface area (Å²) in [7, 11) is 1.64. The second kappa shape index (κ2) is 7.68. The quantitative estimate of drug-likeness (QED) is 0.461. The van der Waals surface area contributed by atoms with Crippen LogP contribution in [-0.4, -0.2) is 18.0 Å². The third-order valence-electron chi connectivity index (χ3n) is 4.06. The van der Waals surface area contributed by atoms with Gasteiger partial charge in [-0.25, -0.2) is 4.98 Å². The molecule has 4 rings (SSSR count). The lowest BCUT2D eigenvalue weighted by Gasteiger charge is -2.02. The molecule has 0 unspecified atom stereocenters. The maximum atomic E-state index is 12.5. The van der Waals surface area contributed by atoms with Gasteiger partial charge in [0.05, 0.1) is 24.4 Å². The molecule has 0 bridgehead atoms. The van der Waals surface area contributed by atoms with Crippen LogP contribution in [0, 0.1) is 0 Å². The number of ether oxygens (including phenoxy) is 1. The minimum absolute atomic E-state index is 0.180. The summed E-state index contributed by atoms with van der Waals surface area (Å²) in [6, 6.07) is 15.5. The molecule has 0 aliphatic heterocycles. The minimum atomic E-state index is -0.180. The van der Waals surface area contributed by atoms with Crippen LogP contribution in [0.2, 0.25) is 5.02 Å². The Hall–Kier alpha value is -2.41. The van der Waals surface area contributed by atoms with E-state index in [4.69, 9.17) is 16.3 Å². The fourth-order valence-corrected chi connectivity index (χ4v) is 4.92. The summed E-state index contributed by atoms with van der Waals surface area (Å²) in [5.41, 5.74) is 1.84. The summed E-state index contributed by atoms with van der Waals surface area (Å²) in [6.45, 7) is 0.357. The van der Waals surface area contributed by atoms with E-state index in [0.29, 0.717) is 16.4 Å². The number of halogens is 1. The molecule has 0 radical (unpaired) electrons. The Morgan fingerprint density at radius 1 is 1.19 bits per heavy atom. The van der Waals surface area contributed by atoms with E-state index in [9.17, 15) is 4.79 Å². The summed E-state index contributed by atoms with van der Waals surface area (Å²) >= 11 is 9.31. The number of amides is 1. The molecule has 1 N–H and O–H groups in total. The van der Waals surface area contributed by atoms with Crippen LogP contribution in [0.25, 0.3) is 20.7 Å². The molecule has 2 heterocycles. The Morgan fingerprint density at radius 2 is 1.96 bits per heavy atom. The van der Waals surface area contributed by atoms with E-state index < -0.39 is 0 Å². The highest BCUT2D eigenvalue weighted by Gasteiger charge is 2.17. The summed E-state index contributed by atoms with van der Waals surface area (Å²) in [5, 5.41) is 7.18. The summed E-state index contributed by atoms with van der Waals surface area (Å²) in [4.78, 5) is 17.7. The number of benzene rings is 2. The van der Waals surface area contributed by atoms with Gasteiger partial charge < -0.3 is 10.1 Å². The minimum Gasteiger partial charge on any atom is -0.497 e. The molecule has 0 fully saturated rings. The van der Waals surface area contributed by atoms with Crippen molar-refractivity contribution < 1.29 is 9.53 Å². The molecule has 1 amide bonds. The maximum absolute atomic E-state index is 12.5. The Morgan fingerprint density at radius 3 is 2.70 bits per heavy atom. The predicted octanol–water partition coefficient (Wildman–Crippen LogP) is 5.62. The SMILES string of the molecule is COc1ccc(-c2nc(CNC(=O)c3sc4ccccc4c3Cl)cs2)cc1. The molecular formula is C20H15ClN2O2S2. The molecule has 0 saturated heterocycles. The van der Waals surface area contributed by atoms with E-state index >= 15 is 0 Å². The molecule has 2 aromatic carbocycles. The number of methoxy groups -OCH3 is 1. The third kappa shape index (κ3) is 3.69. The van der Waals surface area contributed by atoms with Gasteiger partial charge in [0, 0.05) is 21.0 Å². The molecule has 4 nitrogen and oxygen atoms in total. The van der Waals surface area contributed by atoms with Gasteiger partial charge in [0.25, 0.3) is 5.91 Å². The number of carbonyl (C=O) groups excluding carboxylic acids is 1. The number of thiazole rings is 1. The summed E-state index contributed by atoms with van der Waals surface area (Å²) < 4.78 is 6.18. The number of nitrogens with one attached hydrogen (secondary N) is 1. The highest BCUT2D eigenvalue weighted by Crippen LogP contribution is 2.35. The zero-order valence-corrected chi connectivity index (χ0v) is 16.8. The number of aromatic nitrogens is 1. The fraction of sp³-hybridized carbons (Fsp3) is 0.100. The van der Waals surface area contributed by atoms with Gasteiger partial charge in [0.1, 0.15) is 15.6 Å². The van der Waals surface area contributed by atoms with Crippen molar-refractivity contribution in [1.29, 1.82) is 0 Å². The number of fused-ring (bicyclic) bond motifs is 1. The van der Waals surface area contributed by atoms with E-state index in [-0.39, 0.29) is 5.91 Å². The van der Waals surface area contributed by atoms with Gasteiger partial charge in [-0.3, -0.25) is 4.79 Å². The molecule has 0 atom stereocenters. The summed E-state index contributed by atoms with van der Waals surface area (Å²) in [6.07, 6.45) is 0. The van der Waals surface area contributed by atoms with Crippen LogP contribution in [-0.2, 0) is 6.54 Å². The highest BCUT2D eigenvalue weighted by atomic mass is 35.5. The average Bonchev–Trinajstić information content (AvgIpc) is 3.31. The van der Waals surface area contributed by atoms with Crippen LogP contribution in [0.1, 0.15) is 15.4 Å². The maximum Gasteiger partial charge on any atom is 0.263 e. The van der Waals surface area contributed by atoms with Crippen LogP contribution in [0.15, 0.2) is 53.9 Å². The van der Waals surface area contributed by atoms with Crippen molar-refractivity contribution in [2.45, 2.75) is 6.54 Å². The molecule has 4 aromatic rings. The number of thiophene rings is 1. The number of nitrogens with zero attached hydrogens (tertiary/aromatic N) is 1. The first kappa shape index (κ1) is 18.0. The highest BCUT2D eigenvalue weighted by molar-refractivity contribution is 7.21. The lowest BCUT2D eigenvalue weighted by atomic mass is 10.2. The number of carbonyl (C=O) groups is 1. The molecule has 0 spiro atoms. The first-order valence-corrected chi connectivity index (χ1v) is 10.3. The van der Waals surface area contributed by atoms with E-state index in [1.54, 1.807) is 18.4 Å². The Kier molecular flexibility index (Phi) is 5.11. The second-order valence-electron chi connectivity index (χ2n) is 5.80. The molecule has 7 heteroatoms. The van der Waals surface area contributed by atoms with Gasteiger partial charge in [0.2, 0.25) is 0 Å². The zero-order valence-electron chi connectivity index (χ0n) is 14.4. The average molecular weight is 415 g/mol. The van der Waals surface area contributed by atoms with Gasteiger partial charge >= 0.3 is 0 Å². The van der Waals surface area contributed by atoms with Crippen LogP contribution in [0.4, 0.5) is 0 Å². The van der Waals surface area contributed by atoms with Gasteiger partial charge in [-0.1, -0.05) is 29.8 Å². The van der Waals surface area contributed by atoms with Gasteiger partial charge in [-0.2, -0.15) is 0 Å². The third-order valence-corrected chi connectivity index (χ3v) is 6.67. The van der Waals surface area contributed by atoms with Crippen molar-refractivity contribution in [3.8, 4) is 16.3 Å². The monoisotopic (exact) mass is 414 g/mol. The Labute approximate surface area is 169 Å². The van der Waals surface area contributed by atoms with E-state index in [0.717, 1.165) is 32.1 Å². The Balaban J connectivity index is 1.46. The smallest absolute Gasteiger partial charge is 0.263 e. The van der Waals surface area contributed by atoms with Crippen molar-refractivity contribution in [2.75, 3.05) is 7.11 Å². The van der Waals surface area contributed by atoms with Crippen LogP contribution >= 0.6 is 34.3 Å². The standard InChI is InChI=1S/C20H15ClN2O2S2/c1-25-14-8-6-12(7-9-14)20-23-13(11-26-20)10-22-19(24)18-17(21)15-4-2-3-5-16(15)27-18/h2-9,11H,10H2,1H3,(H,22,24). The van der Waals surface area contributed by atoms with Crippen molar-refractivity contribution in [1.82, 2.24) is 10.3 Å². The van der Waals surface area contributed by atoms with E-state index in [2.05, 4.69) is 10.3 Å². The van der Waals surface area contributed by atoms with Crippen molar-refractivity contribution in [3.63, 3.8) is 0 Å². The number of hydrogen-bond donors (Lipinski definition) is 1. The van der Waals surface area contributed by atoms with Crippen LogP contribution in [0.5, 0.6) is 5.75 Å². The van der Waals surface area contributed by atoms with Crippen molar-refractivity contribution in [2.24, 2.45) is 0 Å². The Bertz CT molecular complexity index is 1100. The molecule has 27 heavy (non-hydrogen) atoms. The van der Waals surface area contributed by atoms with E-state index in [1.165, 1.54) is 11.3 Å². The topological polar surface area (TPSA) is 51.2 Å². The first-order valence-electron chi connectivity index (χ1n) is 8.20. The number of rotatable bonds is 5. The van der Waals surface area contributed by atoms with Crippen molar-refractivity contribution >= 4 is 50.3 Å². The normalized spacial score (nSPS) is 10.9. The molecule has 0 aliphatic rings. The lowest BCUT2D eigenvalue weighted by Crippen LogP contribution is -2.22. The molecule has 2 aromatic heterocycles. The number of hydrogen-bond acceptors (Lipinski definition) is 5. The van der Waals surface area contributed by atoms with E-state index in [1.807, 2.05) is 53.9 Å². The predicted molar refractivity (Wildman–Crippen MR) is 112 cm³/mol. The van der Waals surface area contributed by atoms with Crippen LogP contribution < -0.4 is 10.1 Å². The van der Waals surface area contributed by atoms with Crippen molar-refractivity contribution in [3.05, 3.63) is 69.5 Å². The molecule has 0 aliphatic carbocycles. The van der Waals surface area contributed by atoms with Gasteiger partial charge in [-0.05, 0) is 30.3 Å². The second-order valence-corrected chi connectivity index (χ2v) is 8.08. The molecule has 136 valence electrons. The fourth-order valence-electron chi connectivity index (χ4n) is 2.67. The first-order chi connectivity index (χ1) is 13.2. The molecule has 0 saturated carbocycles. The molecular weight excluding hydrogens is 400 g/mol.